The van der Waals surface area contributed by atoms with Crippen LogP contribution in [-0.2, 0) is 16.1 Å². The molecule has 1 aromatic rings. The molecule has 2 heterocycles. The Morgan fingerprint density at radius 3 is 2.72 bits per heavy atom. The highest BCUT2D eigenvalue weighted by molar-refractivity contribution is 7.99. The van der Waals surface area contributed by atoms with Crippen molar-refractivity contribution in [3.05, 3.63) is 24.0 Å². The molecule has 0 radical (unpaired) electrons. The summed E-state index contributed by atoms with van der Waals surface area (Å²) in [6.07, 6.45) is 1.79. The lowest BCUT2D eigenvalue weighted by atomic mass is 10.0. The van der Waals surface area contributed by atoms with Crippen LogP contribution >= 0.6 is 11.8 Å². The van der Waals surface area contributed by atoms with Crippen molar-refractivity contribution >= 4 is 11.8 Å². The Morgan fingerprint density at radius 1 is 1.28 bits per heavy atom. The SMILES string of the molecule is CC1O[C@@H](SC/C=C\COCc2cn(C(C)C)nn2)C(O)C(O)[C@@H]1O. The van der Waals surface area contributed by atoms with Gasteiger partial charge in [0.05, 0.1) is 25.5 Å². The molecular weight excluding hydrogens is 346 g/mol. The molecule has 1 aliphatic rings. The van der Waals surface area contributed by atoms with Gasteiger partial charge in [0, 0.05) is 11.8 Å². The molecule has 1 aliphatic heterocycles. The van der Waals surface area contributed by atoms with Gasteiger partial charge in [-0.15, -0.1) is 16.9 Å². The largest absolute Gasteiger partial charge is 0.388 e. The molecule has 3 N–H and O–H groups in total. The van der Waals surface area contributed by atoms with Crippen molar-refractivity contribution in [3.63, 3.8) is 0 Å². The molecule has 1 fully saturated rings. The van der Waals surface area contributed by atoms with E-state index < -0.39 is 29.9 Å². The van der Waals surface area contributed by atoms with Crippen molar-refractivity contribution in [2.75, 3.05) is 12.4 Å². The summed E-state index contributed by atoms with van der Waals surface area (Å²) in [5.74, 6) is 0.601. The summed E-state index contributed by atoms with van der Waals surface area (Å²) in [5, 5.41) is 37.4. The normalized spacial score (nSPS) is 30.4. The Labute approximate surface area is 151 Å². The predicted molar refractivity (Wildman–Crippen MR) is 94.0 cm³/mol. The van der Waals surface area contributed by atoms with E-state index >= 15 is 0 Å². The van der Waals surface area contributed by atoms with Crippen molar-refractivity contribution in [1.82, 2.24) is 15.0 Å². The summed E-state index contributed by atoms with van der Waals surface area (Å²) in [6.45, 7) is 6.59. The third-order valence-electron chi connectivity index (χ3n) is 3.88. The van der Waals surface area contributed by atoms with Gasteiger partial charge < -0.3 is 24.8 Å². The third-order valence-corrected chi connectivity index (χ3v) is 4.99. The highest BCUT2D eigenvalue weighted by Crippen LogP contribution is 2.28. The van der Waals surface area contributed by atoms with Gasteiger partial charge in [-0.25, -0.2) is 4.68 Å². The Bertz CT molecular complexity index is 554. The minimum Gasteiger partial charge on any atom is -0.388 e. The van der Waals surface area contributed by atoms with Gasteiger partial charge in [0.15, 0.2) is 0 Å². The standard InChI is InChI=1S/C16H27N3O5S/c1-10(2)19-8-12(17-18-19)9-23-6-4-5-7-25-16-15(22)14(21)13(20)11(3)24-16/h4-5,8,10-11,13-16,20-22H,6-7,9H2,1-3H3/b5-4-/t11?,13-,14?,15?,16+/m1/s1. The molecule has 2 rings (SSSR count). The second-order valence-electron chi connectivity index (χ2n) is 6.28. The van der Waals surface area contributed by atoms with E-state index in [0.717, 1.165) is 5.69 Å². The van der Waals surface area contributed by atoms with Crippen molar-refractivity contribution < 1.29 is 24.8 Å². The number of hydrogen-bond donors (Lipinski definition) is 3. The van der Waals surface area contributed by atoms with Gasteiger partial charge in [0.25, 0.3) is 0 Å². The molecule has 1 saturated heterocycles. The molecule has 0 aliphatic carbocycles. The van der Waals surface area contributed by atoms with E-state index in [-0.39, 0.29) is 6.04 Å². The lowest BCUT2D eigenvalue weighted by molar-refractivity contribution is -0.192. The van der Waals surface area contributed by atoms with Gasteiger partial charge in [0.2, 0.25) is 0 Å². The van der Waals surface area contributed by atoms with Crippen LogP contribution in [0.4, 0.5) is 0 Å². The number of aliphatic hydroxyl groups excluding tert-OH is 3. The molecule has 1 aromatic heterocycles. The van der Waals surface area contributed by atoms with E-state index in [1.165, 1.54) is 11.8 Å². The monoisotopic (exact) mass is 373 g/mol. The summed E-state index contributed by atoms with van der Waals surface area (Å²) in [4.78, 5) is 0. The number of rotatable bonds is 8. The zero-order valence-corrected chi connectivity index (χ0v) is 15.5. The summed E-state index contributed by atoms with van der Waals surface area (Å²) in [5.41, 5.74) is 0.224. The van der Waals surface area contributed by atoms with Crippen molar-refractivity contribution in [1.29, 1.82) is 0 Å². The molecular formula is C16H27N3O5S. The first kappa shape index (κ1) is 20.3. The van der Waals surface area contributed by atoms with Crippen LogP contribution < -0.4 is 0 Å². The van der Waals surface area contributed by atoms with E-state index in [4.69, 9.17) is 9.47 Å². The fourth-order valence-electron chi connectivity index (χ4n) is 2.30. The number of nitrogens with zero attached hydrogens (tertiary/aromatic N) is 3. The molecule has 9 heteroatoms. The molecule has 142 valence electrons. The Balaban J connectivity index is 1.63. The topological polar surface area (TPSA) is 110 Å². The Hall–Kier alpha value is -0.970. The average molecular weight is 373 g/mol. The summed E-state index contributed by atoms with van der Waals surface area (Å²) in [6, 6.07) is 0.276. The molecule has 0 spiro atoms. The molecule has 25 heavy (non-hydrogen) atoms. The Morgan fingerprint density at radius 2 is 2.04 bits per heavy atom. The van der Waals surface area contributed by atoms with Crippen LogP contribution in [0.3, 0.4) is 0 Å². The van der Waals surface area contributed by atoms with Gasteiger partial charge >= 0.3 is 0 Å². The van der Waals surface area contributed by atoms with Crippen LogP contribution in [0.25, 0.3) is 0 Å². The van der Waals surface area contributed by atoms with Crippen molar-refractivity contribution in [2.45, 2.75) is 63.3 Å². The molecule has 0 aromatic carbocycles. The van der Waals surface area contributed by atoms with Crippen LogP contribution in [0, 0.1) is 0 Å². The smallest absolute Gasteiger partial charge is 0.132 e. The summed E-state index contributed by atoms with van der Waals surface area (Å²) in [7, 11) is 0. The maximum atomic E-state index is 9.91. The molecule has 3 unspecified atom stereocenters. The molecule has 0 bridgehead atoms. The van der Waals surface area contributed by atoms with Crippen LogP contribution in [0.5, 0.6) is 0 Å². The number of ether oxygens (including phenoxy) is 2. The van der Waals surface area contributed by atoms with E-state index in [0.29, 0.717) is 19.0 Å². The van der Waals surface area contributed by atoms with Crippen LogP contribution in [0.2, 0.25) is 0 Å². The molecule has 8 nitrogen and oxygen atoms in total. The molecule has 5 atom stereocenters. The quantitative estimate of drug-likeness (QED) is 0.446. The zero-order valence-electron chi connectivity index (χ0n) is 14.7. The number of hydrogen-bond acceptors (Lipinski definition) is 8. The lowest BCUT2D eigenvalue weighted by Crippen LogP contribution is -2.55. The van der Waals surface area contributed by atoms with Gasteiger partial charge in [-0.05, 0) is 20.8 Å². The lowest BCUT2D eigenvalue weighted by Gasteiger charge is -2.38. The Kier molecular flexibility index (Phi) is 7.85. The summed E-state index contributed by atoms with van der Waals surface area (Å²) >= 11 is 1.36. The third kappa shape index (κ3) is 5.77. The highest BCUT2D eigenvalue weighted by Gasteiger charge is 2.41. The second kappa shape index (κ2) is 9.65. The van der Waals surface area contributed by atoms with Crippen molar-refractivity contribution in [2.24, 2.45) is 0 Å². The minimum absolute atomic E-state index is 0.276. The average Bonchev–Trinajstić information content (AvgIpc) is 3.05. The number of thioether (sulfide) groups is 1. The maximum absolute atomic E-state index is 9.91. The predicted octanol–water partition coefficient (Wildman–Crippen LogP) is 0.492. The second-order valence-corrected chi connectivity index (χ2v) is 7.42. The zero-order chi connectivity index (χ0) is 18.4. The molecule has 0 saturated carbocycles. The summed E-state index contributed by atoms with van der Waals surface area (Å²) < 4.78 is 12.8. The highest BCUT2D eigenvalue weighted by atomic mass is 32.2. The van der Waals surface area contributed by atoms with Gasteiger partial charge in [0.1, 0.15) is 29.4 Å². The van der Waals surface area contributed by atoms with Gasteiger partial charge in [-0.2, -0.15) is 0 Å². The van der Waals surface area contributed by atoms with E-state index in [2.05, 4.69) is 10.3 Å². The van der Waals surface area contributed by atoms with Crippen LogP contribution in [0.15, 0.2) is 18.3 Å². The van der Waals surface area contributed by atoms with E-state index in [1.807, 2.05) is 32.2 Å². The van der Waals surface area contributed by atoms with Crippen molar-refractivity contribution in [3.8, 4) is 0 Å². The van der Waals surface area contributed by atoms with E-state index in [9.17, 15) is 15.3 Å². The minimum atomic E-state index is -1.19. The van der Waals surface area contributed by atoms with Gasteiger partial charge in [-0.3, -0.25) is 0 Å². The van der Waals surface area contributed by atoms with Crippen LogP contribution in [-0.4, -0.2) is 72.5 Å². The first-order valence-electron chi connectivity index (χ1n) is 8.35. The maximum Gasteiger partial charge on any atom is 0.132 e. The first-order valence-corrected chi connectivity index (χ1v) is 9.39. The fourth-order valence-corrected chi connectivity index (χ4v) is 3.35. The van der Waals surface area contributed by atoms with Crippen LogP contribution in [0.1, 0.15) is 32.5 Å². The fraction of sp³-hybridized carbons (Fsp3) is 0.750. The number of aliphatic hydroxyl groups is 3. The van der Waals surface area contributed by atoms with E-state index in [1.54, 1.807) is 11.6 Å². The van der Waals surface area contributed by atoms with Gasteiger partial charge in [-0.1, -0.05) is 17.4 Å². The number of aromatic nitrogens is 3. The first-order chi connectivity index (χ1) is 11.9. The molecule has 0 amide bonds.